The first-order valence-electron chi connectivity index (χ1n) is 10.0. The van der Waals surface area contributed by atoms with Crippen LogP contribution in [0.2, 0.25) is 0 Å². The summed E-state index contributed by atoms with van der Waals surface area (Å²) in [5.74, 6) is 1.05. The minimum atomic E-state index is 0. The Hall–Kier alpha value is -1.35. The third kappa shape index (κ3) is 8.77. The lowest BCUT2D eigenvalue weighted by Crippen LogP contribution is -2.48. The summed E-state index contributed by atoms with van der Waals surface area (Å²) in [6.45, 7) is 15.0. The molecule has 7 heteroatoms. The van der Waals surface area contributed by atoms with E-state index < -0.39 is 0 Å². The lowest BCUT2D eigenvalue weighted by Gasteiger charge is -2.33. The number of nitrogens with zero attached hydrogens (tertiary/aromatic N) is 3. The van der Waals surface area contributed by atoms with Crippen molar-refractivity contribution in [1.29, 1.82) is 0 Å². The molecule has 0 aromatic heterocycles. The molecule has 2 rings (SSSR count). The van der Waals surface area contributed by atoms with E-state index in [4.69, 9.17) is 4.99 Å². The van der Waals surface area contributed by atoms with Gasteiger partial charge in [0.1, 0.15) is 0 Å². The van der Waals surface area contributed by atoms with E-state index in [1.165, 1.54) is 16.7 Å². The molecule has 0 saturated carbocycles. The summed E-state index contributed by atoms with van der Waals surface area (Å²) in [6, 6.07) is 6.71. The molecular weight excluding hydrogens is 465 g/mol. The van der Waals surface area contributed by atoms with Crippen LogP contribution in [0.1, 0.15) is 30.5 Å². The third-order valence-corrected chi connectivity index (χ3v) is 4.84. The molecule has 0 atom stereocenters. The highest BCUT2D eigenvalue weighted by Crippen LogP contribution is 2.09. The number of carbonyl (C=O) groups excluding carboxylic acids is 1. The molecule has 0 aliphatic carbocycles. The summed E-state index contributed by atoms with van der Waals surface area (Å²) in [4.78, 5) is 20.4. The van der Waals surface area contributed by atoms with Gasteiger partial charge in [0.2, 0.25) is 5.91 Å². The van der Waals surface area contributed by atoms with E-state index in [1.807, 2.05) is 4.90 Å². The first-order valence-corrected chi connectivity index (χ1v) is 10.0. The largest absolute Gasteiger partial charge is 0.357 e. The predicted molar refractivity (Wildman–Crippen MR) is 128 cm³/mol. The quantitative estimate of drug-likeness (QED) is 0.342. The van der Waals surface area contributed by atoms with Gasteiger partial charge in [0, 0.05) is 52.7 Å². The van der Waals surface area contributed by atoms with E-state index >= 15 is 0 Å². The van der Waals surface area contributed by atoms with Gasteiger partial charge in [-0.05, 0) is 32.8 Å². The second kappa shape index (κ2) is 13.0. The first kappa shape index (κ1) is 24.7. The number of guanidine groups is 1. The number of benzene rings is 1. The number of rotatable bonds is 7. The highest BCUT2D eigenvalue weighted by Gasteiger charge is 2.17. The Bertz CT molecular complexity index is 621. The number of aliphatic imine (C=N–C) groups is 1. The van der Waals surface area contributed by atoms with Crippen LogP contribution in [-0.4, -0.2) is 74.0 Å². The molecule has 1 saturated heterocycles. The van der Waals surface area contributed by atoms with Gasteiger partial charge in [-0.1, -0.05) is 29.3 Å². The SMILES string of the molecule is CCNC(=NCCN1CCN(C(C)=O)CC1)NCCc1cc(C)cc(C)c1.I. The van der Waals surface area contributed by atoms with Crippen molar-refractivity contribution in [3.63, 3.8) is 0 Å². The van der Waals surface area contributed by atoms with E-state index in [9.17, 15) is 4.79 Å². The summed E-state index contributed by atoms with van der Waals surface area (Å²) in [5.41, 5.74) is 3.99. The minimum Gasteiger partial charge on any atom is -0.357 e. The highest BCUT2D eigenvalue weighted by atomic mass is 127. The lowest BCUT2D eigenvalue weighted by molar-refractivity contribution is -0.130. The van der Waals surface area contributed by atoms with Gasteiger partial charge in [0.15, 0.2) is 5.96 Å². The first-order chi connectivity index (χ1) is 13.0. The maximum absolute atomic E-state index is 11.4. The molecule has 0 bridgehead atoms. The van der Waals surface area contributed by atoms with Crippen LogP contribution < -0.4 is 10.6 Å². The second-order valence-corrected chi connectivity index (χ2v) is 7.28. The van der Waals surface area contributed by atoms with Crippen LogP contribution >= 0.6 is 24.0 Å². The molecule has 1 aliphatic rings. The summed E-state index contributed by atoms with van der Waals surface area (Å²) in [6.07, 6.45) is 0.986. The zero-order valence-corrected chi connectivity index (χ0v) is 20.1. The number of halogens is 1. The fourth-order valence-electron chi connectivity index (χ4n) is 3.47. The standard InChI is InChI=1S/C21H35N5O.HI/c1-5-22-21(23-7-6-20-15-17(2)14-18(3)16-20)24-8-9-25-10-12-26(13-11-25)19(4)27;/h14-16H,5-13H2,1-4H3,(H2,22,23,24);1H. The molecule has 1 heterocycles. The Labute approximate surface area is 187 Å². The van der Waals surface area contributed by atoms with Gasteiger partial charge in [-0.15, -0.1) is 24.0 Å². The van der Waals surface area contributed by atoms with Gasteiger partial charge in [-0.2, -0.15) is 0 Å². The van der Waals surface area contributed by atoms with E-state index in [1.54, 1.807) is 6.92 Å². The van der Waals surface area contributed by atoms with E-state index in [-0.39, 0.29) is 29.9 Å². The van der Waals surface area contributed by atoms with Crippen molar-refractivity contribution < 1.29 is 4.79 Å². The zero-order valence-electron chi connectivity index (χ0n) is 17.8. The van der Waals surface area contributed by atoms with Gasteiger partial charge >= 0.3 is 0 Å². The van der Waals surface area contributed by atoms with E-state index in [0.29, 0.717) is 0 Å². The average Bonchev–Trinajstić information content (AvgIpc) is 2.61. The zero-order chi connectivity index (χ0) is 19.6. The Balaban J connectivity index is 0.00000392. The molecular formula is C21H36IN5O. The fraction of sp³-hybridized carbons (Fsp3) is 0.619. The van der Waals surface area contributed by atoms with Gasteiger partial charge < -0.3 is 15.5 Å². The smallest absolute Gasteiger partial charge is 0.219 e. The molecule has 0 spiro atoms. The molecule has 1 amide bonds. The fourth-order valence-corrected chi connectivity index (χ4v) is 3.47. The van der Waals surface area contributed by atoms with E-state index in [2.05, 4.69) is 54.5 Å². The molecule has 6 nitrogen and oxygen atoms in total. The molecule has 0 radical (unpaired) electrons. The molecule has 2 N–H and O–H groups in total. The molecule has 158 valence electrons. The van der Waals surface area contributed by atoms with Crippen molar-refractivity contribution in [1.82, 2.24) is 20.4 Å². The van der Waals surface area contributed by atoms with Gasteiger partial charge in [-0.25, -0.2) is 0 Å². The summed E-state index contributed by atoms with van der Waals surface area (Å²) < 4.78 is 0. The Morgan fingerprint density at radius 3 is 2.29 bits per heavy atom. The molecule has 28 heavy (non-hydrogen) atoms. The van der Waals surface area contributed by atoms with Crippen LogP contribution in [0.3, 0.4) is 0 Å². The van der Waals surface area contributed by atoms with Crippen molar-refractivity contribution in [3.8, 4) is 0 Å². The third-order valence-electron chi connectivity index (χ3n) is 4.84. The monoisotopic (exact) mass is 501 g/mol. The molecule has 0 unspecified atom stereocenters. The van der Waals surface area contributed by atoms with Crippen LogP contribution in [-0.2, 0) is 11.2 Å². The van der Waals surface area contributed by atoms with Gasteiger partial charge in [0.05, 0.1) is 6.54 Å². The predicted octanol–water partition coefficient (Wildman–Crippen LogP) is 2.18. The number of hydrogen-bond acceptors (Lipinski definition) is 3. The summed E-state index contributed by atoms with van der Waals surface area (Å²) >= 11 is 0. The van der Waals surface area contributed by atoms with Crippen LogP contribution in [0.5, 0.6) is 0 Å². The summed E-state index contributed by atoms with van der Waals surface area (Å²) in [7, 11) is 0. The Morgan fingerprint density at radius 1 is 1.07 bits per heavy atom. The minimum absolute atomic E-state index is 0. The Morgan fingerprint density at radius 2 is 1.71 bits per heavy atom. The summed E-state index contributed by atoms with van der Waals surface area (Å²) in [5, 5.41) is 6.75. The van der Waals surface area contributed by atoms with Crippen LogP contribution in [0, 0.1) is 13.8 Å². The molecule has 1 fully saturated rings. The van der Waals surface area contributed by atoms with Crippen molar-refractivity contribution in [2.45, 2.75) is 34.1 Å². The second-order valence-electron chi connectivity index (χ2n) is 7.28. The van der Waals surface area contributed by atoms with Crippen molar-refractivity contribution in [2.24, 2.45) is 4.99 Å². The number of piperazine rings is 1. The van der Waals surface area contributed by atoms with Crippen LogP contribution in [0.4, 0.5) is 0 Å². The van der Waals surface area contributed by atoms with Crippen molar-refractivity contribution >= 4 is 35.8 Å². The van der Waals surface area contributed by atoms with Crippen molar-refractivity contribution in [3.05, 3.63) is 34.9 Å². The topological polar surface area (TPSA) is 60.0 Å². The average molecular weight is 501 g/mol. The molecule has 1 aromatic carbocycles. The maximum Gasteiger partial charge on any atom is 0.219 e. The molecule has 1 aliphatic heterocycles. The lowest BCUT2D eigenvalue weighted by atomic mass is 10.1. The number of nitrogens with one attached hydrogen (secondary N) is 2. The van der Waals surface area contributed by atoms with Crippen LogP contribution in [0.25, 0.3) is 0 Å². The number of aryl methyl sites for hydroxylation is 2. The molecule has 1 aromatic rings. The van der Waals surface area contributed by atoms with Crippen molar-refractivity contribution in [2.75, 3.05) is 52.4 Å². The number of amides is 1. The number of carbonyl (C=O) groups is 1. The van der Waals surface area contributed by atoms with Gasteiger partial charge in [0.25, 0.3) is 0 Å². The van der Waals surface area contributed by atoms with Gasteiger partial charge in [-0.3, -0.25) is 14.7 Å². The van der Waals surface area contributed by atoms with Crippen LogP contribution in [0.15, 0.2) is 23.2 Å². The van der Waals surface area contributed by atoms with E-state index in [0.717, 1.165) is 64.7 Å². The normalized spacial score (nSPS) is 15.1. The highest BCUT2D eigenvalue weighted by molar-refractivity contribution is 14.0. The number of hydrogen-bond donors (Lipinski definition) is 2. The Kier molecular flexibility index (Phi) is 11.4. The maximum atomic E-state index is 11.4.